The third-order valence-corrected chi connectivity index (χ3v) is 12.0. The first-order valence-corrected chi connectivity index (χ1v) is 17.9. The molecule has 0 spiro atoms. The molecule has 2 aromatic rings. The first-order chi connectivity index (χ1) is 21.8. The summed E-state index contributed by atoms with van der Waals surface area (Å²) < 4.78 is 24.5. The summed E-state index contributed by atoms with van der Waals surface area (Å²) in [7, 11) is 0. The molecular weight excluding hydrogens is 556 g/mol. The summed E-state index contributed by atoms with van der Waals surface area (Å²) in [6.45, 7) is 12.5. The van der Waals surface area contributed by atoms with Crippen molar-refractivity contribution in [1.29, 1.82) is 0 Å². The fraction of sp³-hybridized carbons (Fsp3) is 0.610. The summed E-state index contributed by atoms with van der Waals surface area (Å²) in [4.78, 5) is 0. The second-order valence-electron chi connectivity index (χ2n) is 15.9. The zero-order chi connectivity index (χ0) is 31.0. The third kappa shape index (κ3) is 7.23. The van der Waals surface area contributed by atoms with Crippen molar-refractivity contribution in [2.75, 3.05) is 6.61 Å². The zero-order valence-electron chi connectivity index (χ0n) is 27.6. The molecule has 0 amide bonds. The van der Waals surface area contributed by atoms with Gasteiger partial charge in [0.2, 0.25) is 0 Å². The Morgan fingerprint density at radius 3 is 1.38 bits per heavy atom. The Balaban J connectivity index is 0.000000145. The van der Waals surface area contributed by atoms with Crippen LogP contribution in [0.4, 0.5) is 0 Å². The molecule has 0 N–H and O–H groups in total. The van der Waals surface area contributed by atoms with E-state index < -0.39 is 0 Å². The summed E-state index contributed by atoms with van der Waals surface area (Å²) in [5.41, 5.74) is 2.79. The second kappa shape index (κ2) is 12.9. The fourth-order valence-corrected chi connectivity index (χ4v) is 11.1. The first kappa shape index (κ1) is 31.1. The Bertz CT molecular complexity index is 1240. The molecule has 8 aliphatic carbocycles. The molecule has 0 radical (unpaired) electrons. The van der Waals surface area contributed by atoms with Crippen LogP contribution in [0.15, 0.2) is 61.7 Å². The van der Waals surface area contributed by atoms with Crippen molar-refractivity contribution in [1.82, 2.24) is 0 Å². The topological polar surface area (TPSA) is 36.9 Å². The summed E-state index contributed by atoms with van der Waals surface area (Å²) in [5, 5.41) is 0. The fourth-order valence-electron chi connectivity index (χ4n) is 11.1. The van der Waals surface area contributed by atoms with Gasteiger partial charge >= 0.3 is 0 Å². The lowest BCUT2D eigenvalue weighted by Crippen LogP contribution is -2.53. The molecule has 10 rings (SSSR count). The van der Waals surface area contributed by atoms with Crippen LogP contribution in [0.2, 0.25) is 0 Å². The van der Waals surface area contributed by atoms with Crippen LogP contribution in [0, 0.1) is 40.9 Å². The SMILES string of the molecule is C=Cc1ccc(OC(C)OC23CC4CC(CC(C4)C2)C3)cc1.C=Cc1ccc(OC(C)OCC23CC4CC(CC(C4)C2)C3)cc1. The number of hydrogen-bond acceptors (Lipinski definition) is 4. The van der Waals surface area contributed by atoms with Gasteiger partial charge in [-0.25, -0.2) is 0 Å². The maximum absolute atomic E-state index is 6.47. The van der Waals surface area contributed by atoms with Gasteiger partial charge in [-0.3, -0.25) is 0 Å². The minimum Gasteiger partial charge on any atom is -0.465 e. The maximum atomic E-state index is 6.47. The van der Waals surface area contributed by atoms with Crippen molar-refractivity contribution in [3.8, 4) is 11.5 Å². The average molecular weight is 611 g/mol. The zero-order valence-corrected chi connectivity index (χ0v) is 27.6. The van der Waals surface area contributed by atoms with Crippen molar-refractivity contribution < 1.29 is 18.9 Å². The molecular formula is C41H54O4. The highest BCUT2D eigenvalue weighted by Crippen LogP contribution is 2.60. The average Bonchev–Trinajstić information content (AvgIpc) is 3.00. The molecule has 4 nitrogen and oxygen atoms in total. The lowest BCUT2D eigenvalue weighted by Gasteiger charge is -2.56. The van der Waals surface area contributed by atoms with Crippen LogP contribution in [0.1, 0.15) is 102 Å². The van der Waals surface area contributed by atoms with E-state index in [4.69, 9.17) is 18.9 Å². The predicted octanol–water partition coefficient (Wildman–Crippen LogP) is 10.3. The van der Waals surface area contributed by atoms with E-state index in [1.165, 1.54) is 77.0 Å². The molecule has 242 valence electrons. The summed E-state index contributed by atoms with van der Waals surface area (Å²) in [6, 6.07) is 16.1. The molecule has 8 fully saturated rings. The summed E-state index contributed by atoms with van der Waals surface area (Å²) in [5.74, 6) is 7.41. The van der Waals surface area contributed by atoms with Gasteiger partial charge in [0.05, 0.1) is 12.2 Å². The lowest BCUT2D eigenvalue weighted by atomic mass is 9.50. The number of hydrogen-bond donors (Lipinski definition) is 0. The molecule has 2 aromatic carbocycles. The van der Waals surface area contributed by atoms with Gasteiger partial charge in [-0.1, -0.05) is 49.6 Å². The first-order valence-electron chi connectivity index (χ1n) is 17.9. The Morgan fingerprint density at radius 2 is 0.978 bits per heavy atom. The van der Waals surface area contributed by atoms with Crippen LogP contribution in [-0.4, -0.2) is 24.8 Å². The molecule has 0 saturated heterocycles. The van der Waals surface area contributed by atoms with Gasteiger partial charge in [0.1, 0.15) is 11.5 Å². The minimum absolute atomic E-state index is 0.106. The quantitative estimate of drug-likeness (QED) is 0.237. The molecule has 0 aromatic heterocycles. The van der Waals surface area contributed by atoms with E-state index >= 15 is 0 Å². The van der Waals surface area contributed by atoms with Crippen molar-refractivity contribution in [3.05, 3.63) is 72.8 Å². The molecule has 0 aliphatic heterocycles. The van der Waals surface area contributed by atoms with E-state index in [1.807, 2.05) is 74.5 Å². The van der Waals surface area contributed by atoms with Crippen LogP contribution in [0.25, 0.3) is 12.2 Å². The van der Waals surface area contributed by atoms with Gasteiger partial charge in [0, 0.05) is 0 Å². The molecule has 0 heterocycles. The van der Waals surface area contributed by atoms with Gasteiger partial charge in [-0.05, 0) is 167 Å². The Labute approximate surface area is 271 Å². The van der Waals surface area contributed by atoms with Crippen LogP contribution < -0.4 is 9.47 Å². The molecule has 8 aliphatic rings. The molecule has 8 saturated carbocycles. The second-order valence-corrected chi connectivity index (χ2v) is 15.9. The van der Waals surface area contributed by atoms with E-state index in [0.29, 0.717) is 5.41 Å². The van der Waals surface area contributed by atoms with Gasteiger partial charge < -0.3 is 18.9 Å². The van der Waals surface area contributed by atoms with Crippen LogP contribution in [0.5, 0.6) is 11.5 Å². The lowest BCUT2D eigenvalue weighted by molar-refractivity contribution is -0.225. The van der Waals surface area contributed by atoms with Gasteiger partial charge in [-0.2, -0.15) is 0 Å². The van der Waals surface area contributed by atoms with E-state index in [2.05, 4.69) is 13.2 Å². The summed E-state index contributed by atoms with van der Waals surface area (Å²) >= 11 is 0. The van der Waals surface area contributed by atoms with Crippen molar-refractivity contribution in [2.45, 2.75) is 109 Å². The van der Waals surface area contributed by atoms with Crippen molar-refractivity contribution in [2.24, 2.45) is 40.9 Å². The van der Waals surface area contributed by atoms with Gasteiger partial charge in [0.25, 0.3) is 0 Å². The van der Waals surface area contributed by atoms with E-state index in [1.54, 1.807) is 0 Å². The van der Waals surface area contributed by atoms with Gasteiger partial charge in [-0.15, -0.1) is 0 Å². The van der Waals surface area contributed by atoms with E-state index in [9.17, 15) is 0 Å². The monoisotopic (exact) mass is 610 g/mol. The maximum Gasteiger partial charge on any atom is 0.197 e. The Kier molecular flexibility index (Phi) is 8.91. The van der Waals surface area contributed by atoms with Crippen molar-refractivity contribution in [3.63, 3.8) is 0 Å². The van der Waals surface area contributed by atoms with E-state index in [-0.39, 0.29) is 18.2 Å². The Hall–Kier alpha value is -2.56. The largest absolute Gasteiger partial charge is 0.465 e. The predicted molar refractivity (Wildman–Crippen MR) is 182 cm³/mol. The smallest absolute Gasteiger partial charge is 0.197 e. The number of rotatable bonds is 11. The minimum atomic E-state index is -0.183. The number of benzene rings is 2. The van der Waals surface area contributed by atoms with Crippen molar-refractivity contribution >= 4 is 12.2 Å². The summed E-state index contributed by atoms with van der Waals surface area (Å²) in [6.07, 6.45) is 20.1. The standard InChI is InChI=1S/C21H28O2.C20H26O2/c1-3-16-4-6-20(7-5-16)23-15(2)22-14-21-11-17-8-18(12-21)10-19(9-17)13-21;1-3-15-4-6-19(7-5-15)21-14(2)22-20-11-16-8-17(12-20)10-18(9-16)13-20/h3-7,15,17-19H,1,8-14H2,2H3;3-7,14,16-18H,1,8-13H2,2H3. The van der Waals surface area contributed by atoms with Crippen LogP contribution in [0.3, 0.4) is 0 Å². The molecule has 2 unspecified atom stereocenters. The van der Waals surface area contributed by atoms with Crippen LogP contribution >= 0.6 is 0 Å². The molecule has 8 bridgehead atoms. The van der Waals surface area contributed by atoms with E-state index in [0.717, 1.165) is 64.7 Å². The molecule has 2 atom stereocenters. The highest BCUT2D eigenvalue weighted by atomic mass is 16.7. The molecule has 4 heteroatoms. The molecule has 45 heavy (non-hydrogen) atoms. The Morgan fingerprint density at radius 1 is 0.600 bits per heavy atom. The highest BCUT2D eigenvalue weighted by Gasteiger charge is 2.53. The number of ether oxygens (including phenoxy) is 4. The normalized spacial score (nSPS) is 36.5. The highest BCUT2D eigenvalue weighted by molar-refractivity contribution is 5.48. The van der Waals surface area contributed by atoms with Gasteiger partial charge in [0.15, 0.2) is 12.6 Å². The van der Waals surface area contributed by atoms with Crippen LogP contribution in [-0.2, 0) is 9.47 Å². The third-order valence-electron chi connectivity index (χ3n) is 12.0.